The average molecular weight is 203 g/mol. The summed E-state index contributed by atoms with van der Waals surface area (Å²) in [7, 11) is 0. The molecule has 3 heteroatoms. The molecule has 78 valence electrons. The third kappa shape index (κ3) is 4.89. The minimum atomic E-state index is 0.314. The third-order valence-electron chi connectivity index (χ3n) is 2.48. The first-order valence-corrected chi connectivity index (χ1v) is 6.32. The van der Waals surface area contributed by atoms with Crippen LogP contribution in [0.2, 0.25) is 0 Å². The molecule has 0 spiro atoms. The van der Waals surface area contributed by atoms with Gasteiger partial charge in [0.25, 0.3) is 0 Å². The number of aliphatic hydroxyl groups excluding tert-OH is 1. The monoisotopic (exact) mass is 203 g/mol. The Hall–Kier alpha value is 0.270. The van der Waals surface area contributed by atoms with Crippen molar-refractivity contribution >= 4 is 11.8 Å². The van der Waals surface area contributed by atoms with Gasteiger partial charge >= 0.3 is 0 Å². The molecule has 0 aromatic heterocycles. The number of thioether (sulfide) groups is 1. The summed E-state index contributed by atoms with van der Waals surface area (Å²) >= 11 is 1.88. The smallest absolute Gasteiger partial charge is 0.0547 e. The summed E-state index contributed by atoms with van der Waals surface area (Å²) in [4.78, 5) is 2.55. The van der Waals surface area contributed by atoms with Crippen molar-refractivity contribution in [2.75, 3.05) is 32.0 Å². The van der Waals surface area contributed by atoms with Crippen LogP contribution in [-0.4, -0.2) is 47.3 Å². The highest BCUT2D eigenvalue weighted by atomic mass is 32.2. The Morgan fingerprint density at radius 2 is 2.08 bits per heavy atom. The summed E-state index contributed by atoms with van der Waals surface area (Å²) in [6.45, 7) is 6.26. The first-order valence-electron chi connectivity index (χ1n) is 5.27. The van der Waals surface area contributed by atoms with Crippen LogP contribution in [0, 0.1) is 0 Å². The Balaban J connectivity index is 1.88. The summed E-state index contributed by atoms with van der Waals surface area (Å²) in [6.07, 6.45) is 4.05. The van der Waals surface area contributed by atoms with Crippen molar-refractivity contribution < 1.29 is 5.11 Å². The molecule has 1 aliphatic rings. The molecule has 1 atom stereocenters. The quantitative estimate of drug-likeness (QED) is 0.663. The summed E-state index contributed by atoms with van der Waals surface area (Å²) in [5.41, 5.74) is 0. The molecule has 1 saturated heterocycles. The van der Waals surface area contributed by atoms with Crippen LogP contribution in [0.25, 0.3) is 0 Å². The van der Waals surface area contributed by atoms with Crippen LogP contribution in [0.15, 0.2) is 0 Å². The topological polar surface area (TPSA) is 23.5 Å². The zero-order valence-corrected chi connectivity index (χ0v) is 9.35. The van der Waals surface area contributed by atoms with Crippen LogP contribution in [0.3, 0.4) is 0 Å². The Morgan fingerprint density at radius 3 is 2.69 bits per heavy atom. The van der Waals surface area contributed by atoms with Gasteiger partial charge in [0.1, 0.15) is 0 Å². The second-order valence-electron chi connectivity index (χ2n) is 3.77. The second kappa shape index (κ2) is 6.68. The molecule has 1 unspecified atom stereocenters. The summed E-state index contributed by atoms with van der Waals surface area (Å²) in [5.74, 6) is 1.19. The molecule has 1 aliphatic heterocycles. The van der Waals surface area contributed by atoms with Gasteiger partial charge in [-0.2, -0.15) is 11.8 Å². The highest BCUT2D eigenvalue weighted by Gasteiger charge is 2.10. The molecule has 0 amide bonds. The molecule has 1 heterocycles. The Kier molecular flexibility index (Phi) is 5.83. The number of rotatable bonds is 6. The average Bonchev–Trinajstić information content (AvgIpc) is 2.64. The van der Waals surface area contributed by atoms with Crippen molar-refractivity contribution in [3.05, 3.63) is 0 Å². The van der Waals surface area contributed by atoms with Crippen molar-refractivity contribution in [3.63, 3.8) is 0 Å². The van der Waals surface area contributed by atoms with Gasteiger partial charge in [-0.05, 0) is 44.6 Å². The van der Waals surface area contributed by atoms with Gasteiger partial charge in [-0.15, -0.1) is 0 Å². The first kappa shape index (κ1) is 11.3. The lowest BCUT2D eigenvalue weighted by Crippen LogP contribution is -2.21. The van der Waals surface area contributed by atoms with E-state index in [1.807, 2.05) is 11.8 Å². The van der Waals surface area contributed by atoms with E-state index in [9.17, 15) is 0 Å². The highest BCUT2D eigenvalue weighted by Crippen LogP contribution is 2.13. The minimum absolute atomic E-state index is 0.314. The van der Waals surface area contributed by atoms with E-state index in [1.165, 1.54) is 44.6 Å². The van der Waals surface area contributed by atoms with Crippen molar-refractivity contribution in [3.8, 4) is 0 Å². The van der Waals surface area contributed by atoms with Crippen LogP contribution in [0.5, 0.6) is 0 Å². The first-order chi connectivity index (χ1) is 6.33. The van der Waals surface area contributed by atoms with Crippen LogP contribution in [0.4, 0.5) is 0 Å². The van der Waals surface area contributed by atoms with Crippen molar-refractivity contribution in [2.24, 2.45) is 0 Å². The predicted octanol–water partition coefficient (Wildman–Crippen LogP) is 1.59. The fraction of sp³-hybridized carbons (Fsp3) is 1.00. The maximum atomic E-state index is 8.81. The zero-order chi connectivity index (χ0) is 9.52. The van der Waals surface area contributed by atoms with Gasteiger partial charge in [0.05, 0.1) is 6.61 Å². The molecule has 0 bridgehead atoms. The lowest BCUT2D eigenvalue weighted by atomic mass is 10.4. The van der Waals surface area contributed by atoms with Crippen LogP contribution in [-0.2, 0) is 0 Å². The molecule has 0 aromatic carbocycles. The number of likely N-dealkylation sites (tertiary alicyclic amines) is 1. The van der Waals surface area contributed by atoms with E-state index < -0.39 is 0 Å². The van der Waals surface area contributed by atoms with E-state index in [1.54, 1.807) is 0 Å². The minimum Gasteiger partial charge on any atom is -0.395 e. The summed E-state index contributed by atoms with van der Waals surface area (Å²) in [5, 5.41) is 9.23. The highest BCUT2D eigenvalue weighted by molar-refractivity contribution is 7.99. The van der Waals surface area contributed by atoms with E-state index in [4.69, 9.17) is 5.11 Å². The van der Waals surface area contributed by atoms with Crippen LogP contribution < -0.4 is 0 Å². The molecular weight excluding hydrogens is 182 g/mol. The number of aliphatic hydroxyl groups is 1. The Morgan fingerprint density at radius 1 is 1.38 bits per heavy atom. The molecule has 0 aromatic rings. The van der Waals surface area contributed by atoms with Crippen LogP contribution >= 0.6 is 11.8 Å². The van der Waals surface area contributed by atoms with Crippen molar-refractivity contribution in [2.45, 2.75) is 31.4 Å². The van der Waals surface area contributed by atoms with Gasteiger partial charge < -0.3 is 10.0 Å². The fourth-order valence-corrected chi connectivity index (χ4v) is 2.44. The van der Waals surface area contributed by atoms with Gasteiger partial charge in [-0.3, -0.25) is 0 Å². The SMILES string of the molecule is CC(CO)SCCCN1CCCC1. The lowest BCUT2D eigenvalue weighted by Gasteiger charge is -2.14. The van der Waals surface area contributed by atoms with E-state index in [0.29, 0.717) is 11.9 Å². The van der Waals surface area contributed by atoms with Crippen molar-refractivity contribution in [1.29, 1.82) is 0 Å². The van der Waals surface area contributed by atoms with E-state index in [2.05, 4.69) is 11.8 Å². The standard InChI is InChI=1S/C10H21NOS/c1-10(9-12)13-8-4-7-11-5-2-3-6-11/h10,12H,2-9H2,1H3. The van der Waals surface area contributed by atoms with Crippen LogP contribution in [0.1, 0.15) is 26.2 Å². The molecule has 0 radical (unpaired) electrons. The van der Waals surface area contributed by atoms with Gasteiger partial charge in [-0.1, -0.05) is 6.92 Å². The molecular formula is C10H21NOS. The molecule has 0 aliphatic carbocycles. The maximum absolute atomic E-state index is 8.81. The normalized spacial score (nSPS) is 20.8. The lowest BCUT2D eigenvalue weighted by molar-refractivity contribution is 0.300. The summed E-state index contributed by atoms with van der Waals surface area (Å²) in [6, 6.07) is 0. The van der Waals surface area contributed by atoms with E-state index in [-0.39, 0.29) is 0 Å². The number of nitrogens with zero attached hydrogens (tertiary/aromatic N) is 1. The van der Waals surface area contributed by atoms with Gasteiger partial charge in [0, 0.05) is 5.25 Å². The fourth-order valence-electron chi connectivity index (χ4n) is 1.63. The van der Waals surface area contributed by atoms with Gasteiger partial charge in [0.2, 0.25) is 0 Å². The Bertz CT molecular complexity index is 126. The predicted molar refractivity (Wildman–Crippen MR) is 59.3 cm³/mol. The largest absolute Gasteiger partial charge is 0.395 e. The zero-order valence-electron chi connectivity index (χ0n) is 8.54. The number of hydrogen-bond acceptors (Lipinski definition) is 3. The maximum Gasteiger partial charge on any atom is 0.0547 e. The Labute approximate surface area is 85.7 Å². The van der Waals surface area contributed by atoms with E-state index in [0.717, 1.165) is 0 Å². The summed E-state index contributed by atoms with van der Waals surface area (Å²) < 4.78 is 0. The molecule has 2 nitrogen and oxygen atoms in total. The second-order valence-corrected chi connectivity index (χ2v) is 5.31. The molecule has 1 N–H and O–H groups in total. The van der Waals surface area contributed by atoms with Crippen molar-refractivity contribution in [1.82, 2.24) is 4.90 Å². The number of hydrogen-bond donors (Lipinski definition) is 1. The molecule has 1 fully saturated rings. The van der Waals surface area contributed by atoms with Gasteiger partial charge in [0.15, 0.2) is 0 Å². The molecule has 13 heavy (non-hydrogen) atoms. The molecule has 0 saturated carbocycles. The van der Waals surface area contributed by atoms with Gasteiger partial charge in [-0.25, -0.2) is 0 Å². The molecule has 1 rings (SSSR count). The van der Waals surface area contributed by atoms with E-state index >= 15 is 0 Å². The third-order valence-corrected chi connectivity index (χ3v) is 3.72.